The Balaban J connectivity index is 2.68. The van der Waals surface area contributed by atoms with E-state index < -0.39 is 0 Å². The van der Waals surface area contributed by atoms with Gasteiger partial charge in [-0.15, -0.1) is 11.3 Å². The fraction of sp³-hybridized carbons (Fsp3) is 0.786. The Morgan fingerprint density at radius 1 is 1.33 bits per heavy atom. The zero-order chi connectivity index (χ0) is 13.8. The molecule has 0 unspecified atom stereocenters. The Kier molecular flexibility index (Phi) is 5.76. The van der Waals surface area contributed by atoms with Crippen LogP contribution in [0.5, 0.6) is 0 Å². The largest absolute Gasteiger partial charge is 0.330 e. The topological polar surface area (TPSA) is 42.2 Å². The van der Waals surface area contributed by atoms with Crippen LogP contribution in [0, 0.1) is 19.3 Å². The summed E-state index contributed by atoms with van der Waals surface area (Å²) in [7, 11) is 0. The second kappa shape index (κ2) is 6.64. The minimum Gasteiger partial charge on any atom is -0.330 e. The lowest BCUT2D eigenvalue weighted by Gasteiger charge is -2.31. The van der Waals surface area contributed by atoms with Gasteiger partial charge in [-0.1, -0.05) is 20.8 Å². The number of rotatable bonds is 7. The van der Waals surface area contributed by atoms with Crippen LogP contribution in [0.3, 0.4) is 0 Å². The van der Waals surface area contributed by atoms with E-state index >= 15 is 0 Å². The van der Waals surface area contributed by atoms with E-state index in [-0.39, 0.29) is 5.41 Å². The molecule has 0 spiro atoms. The van der Waals surface area contributed by atoms with Crippen LogP contribution in [0.15, 0.2) is 0 Å². The van der Waals surface area contributed by atoms with Gasteiger partial charge in [-0.3, -0.25) is 4.90 Å². The fourth-order valence-corrected chi connectivity index (χ4v) is 2.97. The predicted octanol–water partition coefficient (Wildman–Crippen LogP) is 2.96. The molecule has 0 amide bonds. The highest BCUT2D eigenvalue weighted by atomic mass is 32.1. The maximum atomic E-state index is 5.83. The highest BCUT2D eigenvalue weighted by molar-refractivity contribution is 7.11. The van der Waals surface area contributed by atoms with Gasteiger partial charge in [-0.05, 0) is 38.8 Å². The SMILES string of the molecule is CCCN(Cc1nc(C)c(C)s1)CC(C)(C)CN. The van der Waals surface area contributed by atoms with Crippen molar-refractivity contribution in [3.8, 4) is 0 Å². The van der Waals surface area contributed by atoms with Crippen LogP contribution >= 0.6 is 11.3 Å². The molecule has 1 rings (SSSR count). The maximum Gasteiger partial charge on any atom is 0.107 e. The number of thiazole rings is 1. The molecule has 0 aromatic carbocycles. The van der Waals surface area contributed by atoms with Gasteiger partial charge in [-0.2, -0.15) is 0 Å². The van der Waals surface area contributed by atoms with Gasteiger partial charge < -0.3 is 5.73 Å². The second-order valence-corrected chi connectivity index (χ2v) is 7.12. The first kappa shape index (κ1) is 15.6. The minimum atomic E-state index is 0.177. The summed E-state index contributed by atoms with van der Waals surface area (Å²) in [6.45, 7) is 14.7. The van der Waals surface area contributed by atoms with Gasteiger partial charge in [-0.25, -0.2) is 4.98 Å². The summed E-state index contributed by atoms with van der Waals surface area (Å²) < 4.78 is 0. The summed E-state index contributed by atoms with van der Waals surface area (Å²) >= 11 is 1.82. The molecule has 3 nitrogen and oxygen atoms in total. The van der Waals surface area contributed by atoms with E-state index in [2.05, 4.69) is 44.5 Å². The number of hydrogen-bond acceptors (Lipinski definition) is 4. The molecule has 2 N–H and O–H groups in total. The number of nitrogens with zero attached hydrogens (tertiary/aromatic N) is 2. The van der Waals surface area contributed by atoms with Crippen molar-refractivity contribution in [2.75, 3.05) is 19.6 Å². The molecule has 0 bridgehead atoms. The monoisotopic (exact) mass is 269 g/mol. The summed E-state index contributed by atoms with van der Waals surface area (Å²) in [5.41, 5.74) is 7.18. The molecule has 0 aliphatic rings. The third-order valence-corrected chi connectivity index (χ3v) is 4.23. The van der Waals surface area contributed by atoms with Crippen LogP contribution in [0.25, 0.3) is 0 Å². The van der Waals surface area contributed by atoms with Crippen molar-refractivity contribution >= 4 is 11.3 Å². The van der Waals surface area contributed by atoms with Crippen LogP contribution in [0.1, 0.15) is 42.8 Å². The molecule has 0 radical (unpaired) electrons. The molecule has 1 heterocycles. The number of nitrogens with two attached hydrogens (primary N) is 1. The van der Waals surface area contributed by atoms with E-state index in [0.29, 0.717) is 0 Å². The standard InChI is InChI=1S/C14H27N3S/c1-6-7-17(10-14(4,5)9-15)8-13-16-11(2)12(3)18-13/h6-10,15H2,1-5H3. The lowest BCUT2D eigenvalue weighted by Crippen LogP contribution is -2.38. The normalized spacial score (nSPS) is 12.4. The van der Waals surface area contributed by atoms with Crippen molar-refractivity contribution in [2.24, 2.45) is 11.1 Å². The average Bonchev–Trinajstić information content (AvgIpc) is 2.58. The highest BCUT2D eigenvalue weighted by Crippen LogP contribution is 2.21. The molecule has 4 heteroatoms. The third-order valence-electron chi connectivity index (χ3n) is 3.18. The smallest absolute Gasteiger partial charge is 0.107 e. The minimum absolute atomic E-state index is 0.177. The Labute approximate surface area is 115 Å². The van der Waals surface area contributed by atoms with E-state index in [9.17, 15) is 0 Å². The Bertz CT molecular complexity index is 352. The summed E-state index contributed by atoms with van der Waals surface area (Å²) in [6.07, 6.45) is 1.17. The Hall–Kier alpha value is -0.450. The van der Waals surface area contributed by atoms with Crippen LogP contribution in [-0.4, -0.2) is 29.5 Å². The van der Waals surface area contributed by atoms with Gasteiger partial charge >= 0.3 is 0 Å². The molecule has 0 saturated carbocycles. The van der Waals surface area contributed by atoms with Crippen LogP contribution in [-0.2, 0) is 6.54 Å². The van der Waals surface area contributed by atoms with Gasteiger partial charge in [0.2, 0.25) is 0 Å². The van der Waals surface area contributed by atoms with E-state index in [1.165, 1.54) is 22.0 Å². The molecular weight excluding hydrogens is 242 g/mol. The average molecular weight is 269 g/mol. The van der Waals surface area contributed by atoms with Crippen molar-refractivity contribution in [3.63, 3.8) is 0 Å². The van der Waals surface area contributed by atoms with E-state index in [1.54, 1.807) is 0 Å². The van der Waals surface area contributed by atoms with Crippen LogP contribution in [0.2, 0.25) is 0 Å². The van der Waals surface area contributed by atoms with Crippen molar-refractivity contribution < 1.29 is 0 Å². The molecule has 104 valence electrons. The molecule has 0 aliphatic carbocycles. The van der Waals surface area contributed by atoms with Gasteiger partial charge in [0.1, 0.15) is 5.01 Å². The number of hydrogen-bond donors (Lipinski definition) is 1. The lowest BCUT2D eigenvalue weighted by molar-refractivity contribution is 0.176. The maximum absolute atomic E-state index is 5.83. The lowest BCUT2D eigenvalue weighted by atomic mass is 9.93. The van der Waals surface area contributed by atoms with Crippen molar-refractivity contribution in [1.29, 1.82) is 0 Å². The molecule has 1 aromatic rings. The van der Waals surface area contributed by atoms with E-state index in [0.717, 1.165) is 26.2 Å². The van der Waals surface area contributed by atoms with E-state index in [4.69, 9.17) is 5.73 Å². The molecular formula is C14H27N3S. The van der Waals surface area contributed by atoms with Crippen molar-refractivity contribution in [1.82, 2.24) is 9.88 Å². The number of aryl methyl sites for hydroxylation is 2. The highest BCUT2D eigenvalue weighted by Gasteiger charge is 2.20. The second-order valence-electron chi connectivity index (χ2n) is 5.83. The third kappa shape index (κ3) is 4.67. The summed E-state index contributed by atoms with van der Waals surface area (Å²) in [5, 5.41) is 1.23. The Morgan fingerprint density at radius 2 is 2.00 bits per heavy atom. The quantitative estimate of drug-likeness (QED) is 0.827. The first-order valence-electron chi connectivity index (χ1n) is 6.73. The zero-order valence-corrected chi connectivity index (χ0v) is 13.2. The summed E-state index contributed by atoms with van der Waals surface area (Å²) in [5.74, 6) is 0. The summed E-state index contributed by atoms with van der Waals surface area (Å²) in [6, 6.07) is 0. The molecule has 0 saturated heterocycles. The first-order valence-corrected chi connectivity index (χ1v) is 7.55. The first-order chi connectivity index (χ1) is 8.38. The van der Waals surface area contributed by atoms with Crippen molar-refractivity contribution in [2.45, 2.75) is 47.6 Å². The summed E-state index contributed by atoms with van der Waals surface area (Å²) in [4.78, 5) is 8.44. The van der Waals surface area contributed by atoms with Gasteiger partial charge in [0.15, 0.2) is 0 Å². The van der Waals surface area contributed by atoms with E-state index in [1.807, 2.05) is 11.3 Å². The van der Waals surface area contributed by atoms with Gasteiger partial charge in [0.05, 0.1) is 12.2 Å². The number of aromatic nitrogens is 1. The molecule has 1 aromatic heterocycles. The zero-order valence-electron chi connectivity index (χ0n) is 12.4. The molecule has 0 aliphatic heterocycles. The molecule has 0 atom stereocenters. The Morgan fingerprint density at radius 3 is 2.44 bits per heavy atom. The van der Waals surface area contributed by atoms with Crippen molar-refractivity contribution in [3.05, 3.63) is 15.6 Å². The van der Waals surface area contributed by atoms with Crippen LogP contribution in [0.4, 0.5) is 0 Å². The molecule has 0 fully saturated rings. The van der Waals surface area contributed by atoms with Crippen LogP contribution < -0.4 is 5.73 Å². The fourth-order valence-electron chi connectivity index (χ4n) is 2.00. The molecule has 18 heavy (non-hydrogen) atoms. The van der Waals surface area contributed by atoms with Gasteiger partial charge in [0.25, 0.3) is 0 Å². The predicted molar refractivity (Wildman–Crippen MR) is 80.0 cm³/mol. The van der Waals surface area contributed by atoms with Gasteiger partial charge in [0, 0.05) is 11.4 Å².